The van der Waals surface area contributed by atoms with Gasteiger partial charge in [-0.3, -0.25) is 14.5 Å². The van der Waals surface area contributed by atoms with Crippen LogP contribution in [0.2, 0.25) is 5.02 Å². The molecule has 1 aliphatic heterocycles. The molecule has 3 aromatic rings. The molecule has 25 heavy (non-hydrogen) atoms. The molecule has 0 saturated heterocycles. The van der Waals surface area contributed by atoms with Crippen LogP contribution in [0.4, 0.5) is 5.69 Å². The largest absolute Gasteiger partial charge is 0.293 e. The van der Waals surface area contributed by atoms with Crippen molar-refractivity contribution >= 4 is 29.0 Å². The predicted molar refractivity (Wildman–Crippen MR) is 98.2 cm³/mol. The zero-order chi connectivity index (χ0) is 17.4. The number of hydrogen-bond acceptors (Lipinski definition) is 2. The van der Waals surface area contributed by atoms with E-state index in [2.05, 4.69) is 0 Å². The molecule has 3 nitrogen and oxygen atoms in total. The number of Topliss-reactive ketones (excluding diaryl/α,β-unsaturated/α-hetero) is 1. The Hall–Kier alpha value is -2.91. The van der Waals surface area contributed by atoms with Crippen LogP contribution >= 0.6 is 11.6 Å². The molecule has 0 aromatic heterocycles. The Labute approximate surface area is 150 Å². The fourth-order valence-electron chi connectivity index (χ4n) is 3.20. The van der Waals surface area contributed by atoms with E-state index in [4.69, 9.17) is 11.6 Å². The molecule has 1 heterocycles. The lowest BCUT2D eigenvalue weighted by molar-refractivity contribution is 0.0916. The first-order valence-corrected chi connectivity index (χ1v) is 8.32. The van der Waals surface area contributed by atoms with Gasteiger partial charge in [0.05, 0.1) is 0 Å². The third-order valence-corrected chi connectivity index (χ3v) is 4.63. The molecule has 0 N–H and O–H groups in total. The second-order valence-electron chi connectivity index (χ2n) is 5.87. The molecule has 0 aliphatic carbocycles. The molecule has 0 fully saturated rings. The number of benzene rings is 3. The summed E-state index contributed by atoms with van der Waals surface area (Å²) in [5, 5.41) is 0.582. The number of hydrogen-bond donors (Lipinski definition) is 0. The fraction of sp³-hybridized carbons (Fsp3) is 0.0476. The van der Waals surface area contributed by atoms with E-state index in [1.807, 2.05) is 36.4 Å². The number of carbonyl (C=O) groups excluding carboxylic acids is 2. The number of ketones is 1. The first-order chi connectivity index (χ1) is 12.2. The Morgan fingerprint density at radius 2 is 1.48 bits per heavy atom. The summed E-state index contributed by atoms with van der Waals surface area (Å²) in [6.07, 6.45) is 0. The third-order valence-electron chi connectivity index (χ3n) is 4.37. The summed E-state index contributed by atoms with van der Waals surface area (Å²) in [4.78, 5) is 27.7. The average molecular weight is 348 g/mol. The van der Waals surface area contributed by atoms with Crippen LogP contribution < -0.4 is 4.90 Å². The number of amides is 1. The first kappa shape index (κ1) is 15.6. The van der Waals surface area contributed by atoms with Crippen LogP contribution in [0.1, 0.15) is 32.3 Å². The van der Waals surface area contributed by atoms with Crippen molar-refractivity contribution in [3.8, 4) is 0 Å². The van der Waals surface area contributed by atoms with Crippen molar-refractivity contribution in [2.24, 2.45) is 0 Å². The summed E-state index contributed by atoms with van der Waals surface area (Å²) in [6.45, 7) is 0. The van der Waals surface area contributed by atoms with E-state index in [-0.39, 0.29) is 11.7 Å². The van der Waals surface area contributed by atoms with Gasteiger partial charge in [0.25, 0.3) is 5.91 Å². The highest BCUT2D eigenvalue weighted by molar-refractivity contribution is 6.30. The van der Waals surface area contributed by atoms with Crippen LogP contribution in [-0.2, 0) is 0 Å². The minimum Gasteiger partial charge on any atom is -0.293 e. The van der Waals surface area contributed by atoms with E-state index in [1.165, 1.54) is 0 Å². The van der Waals surface area contributed by atoms with Gasteiger partial charge in [-0.25, -0.2) is 0 Å². The van der Waals surface area contributed by atoms with E-state index in [1.54, 1.807) is 47.4 Å². The number of anilines is 1. The highest BCUT2D eigenvalue weighted by atomic mass is 35.5. The van der Waals surface area contributed by atoms with Crippen molar-refractivity contribution in [1.82, 2.24) is 0 Å². The van der Waals surface area contributed by atoms with E-state index in [9.17, 15) is 9.59 Å². The van der Waals surface area contributed by atoms with Gasteiger partial charge in [-0.05, 0) is 35.9 Å². The number of rotatable bonds is 3. The predicted octanol–water partition coefficient (Wildman–Crippen LogP) is 4.92. The van der Waals surface area contributed by atoms with Crippen LogP contribution in [0.25, 0.3) is 0 Å². The third kappa shape index (κ3) is 2.63. The number of halogens is 1. The van der Waals surface area contributed by atoms with Gasteiger partial charge in [0.1, 0.15) is 6.04 Å². The second kappa shape index (κ2) is 6.19. The zero-order valence-corrected chi connectivity index (χ0v) is 14.0. The van der Waals surface area contributed by atoms with E-state index in [0.717, 1.165) is 5.56 Å². The van der Waals surface area contributed by atoms with Gasteiger partial charge >= 0.3 is 0 Å². The van der Waals surface area contributed by atoms with Crippen molar-refractivity contribution in [2.45, 2.75) is 6.04 Å². The smallest absolute Gasteiger partial charge is 0.259 e. The summed E-state index contributed by atoms with van der Waals surface area (Å²) in [7, 11) is 0. The Morgan fingerprint density at radius 3 is 2.20 bits per heavy atom. The zero-order valence-electron chi connectivity index (χ0n) is 13.2. The number of carbonyl (C=O) groups is 2. The van der Waals surface area contributed by atoms with Crippen LogP contribution in [0, 0.1) is 0 Å². The van der Waals surface area contributed by atoms with Gasteiger partial charge in [0.2, 0.25) is 0 Å². The molecule has 0 spiro atoms. The molecule has 1 aliphatic rings. The molecule has 122 valence electrons. The number of nitrogens with zero attached hydrogens (tertiary/aromatic N) is 1. The SMILES string of the molecule is O=C(c1ccccc1)C1c2ccccc2C(=O)N1c1ccc(Cl)cc1. The van der Waals surface area contributed by atoms with Gasteiger partial charge in [0.15, 0.2) is 5.78 Å². The molecule has 3 aromatic carbocycles. The summed E-state index contributed by atoms with van der Waals surface area (Å²) >= 11 is 5.97. The standard InChI is InChI=1S/C21H14ClNO2/c22-15-10-12-16(13-11-15)23-19(20(24)14-6-2-1-3-7-14)17-8-4-5-9-18(17)21(23)25/h1-13,19H. The van der Waals surface area contributed by atoms with Gasteiger partial charge in [-0.1, -0.05) is 60.1 Å². The first-order valence-electron chi connectivity index (χ1n) is 7.94. The topological polar surface area (TPSA) is 37.4 Å². The maximum absolute atomic E-state index is 13.2. The van der Waals surface area contributed by atoms with Gasteiger partial charge in [0, 0.05) is 21.8 Å². The van der Waals surface area contributed by atoms with E-state index in [0.29, 0.717) is 21.8 Å². The summed E-state index contributed by atoms with van der Waals surface area (Å²) in [6, 6.07) is 22.6. The second-order valence-corrected chi connectivity index (χ2v) is 6.31. The van der Waals surface area contributed by atoms with Crippen molar-refractivity contribution in [3.63, 3.8) is 0 Å². The monoisotopic (exact) mass is 347 g/mol. The van der Waals surface area contributed by atoms with Crippen molar-refractivity contribution < 1.29 is 9.59 Å². The molecule has 0 bridgehead atoms. The van der Waals surface area contributed by atoms with Crippen molar-refractivity contribution in [2.75, 3.05) is 4.90 Å². The molecule has 1 unspecified atom stereocenters. The lowest BCUT2D eigenvalue weighted by atomic mass is 9.96. The molecular weight excluding hydrogens is 334 g/mol. The Balaban J connectivity index is 1.86. The molecule has 4 heteroatoms. The maximum Gasteiger partial charge on any atom is 0.259 e. The Kier molecular flexibility index (Phi) is 3.86. The van der Waals surface area contributed by atoms with Crippen LogP contribution in [-0.4, -0.2) is 11.7 Å². The highest BCUT2D eigenvalue weighted by Crippen LogP contribution is 2.39. The molecule has 4 rings (SSSR count). The van der Waals surface area contributed by atoms with Crippen molar-refractivity contribution in [1.29, 1.82) is 0 Å². The van der Waals surface area contributed by atoms with Crippen LogP contribution in [0.3, 0.4) is 0 Å². The summed E-state index contributed by atoms with van der Waals surface area (Å²) < 4.78 is 0. The highest BCUT2D eigenvalue weighted by Gasteiger charge is 2.41. The summed E-state index contributed by atoms with van der Waals surface area (Å²) in [5.74, 6) is -0.277. The van der Waals surface area contributed by atoms with Gasteiger partial charge in [-0.2, -0.15) is 0 Å². The molecule has 1 amide bonds. The summed E-state index contributed by atoms with van der Waals surface area (Å²) in [5.41, 5.74) is 2.53. The number of fused-ring (bicyclic) bond motifs is 1. The minimum absolute atomic E-state index is 0.103. The van der Waals surface area contributed by atoms with Crippen LogP contribution in [0.15, 0.2) is 78.9 Å². The molecule has 0 saturated carbocycles. The van der Waals surface area contributed by atoms with Crippen LogP contribution in [0.5, 0.6) is 0 Å². The normalized spacial score (nSPS) is 16.0. The quantitative estimate of drug-likeness (QED) is 0.630. The minimum atomic E-state index is -0.674. The molecule has 0 radical (unpaired) electrons. The molecule has 1 atom stereocenters. The van der Waals surface area contributed by atoms with E-state index < -0.39 is 6.04 Å². The van der Waals surface area contributed by atoms with E-state index >= 15 is 0 Å². The Morgan fingerprint density at radius 1 is 0.840 bits per heavy atom. The van der Waals surface area contributed by atoms with Gasteiger partial charge in [-0.15, -0.1) is 0 Å². The maximum atomic E-state index is 13.2. The Bertz CT molecular complexity index is 951. The van der Waals surface area contributed by atoms with Gasteiger partial charge < -0.3 is 0 Å². The fourth-order valence-corrected chi connectivity index (χ4v) is 3.33. The lowest BCUT2D eigenvalue weighted by Gasteiger charge is -2.24. The molecular formula is C21H14ClNO2. The van der Waals surface area contributed by atoms with Crippen molar-refractivity contribution in [3.05, 3.63) is 101 Å². The average Bonchev–Trinajstić information content (AvgIpc) is 2.95. The lowest BCUT2D eigenvalue weighted by Crippen LogP contribution is -2.32.